The molecule has 0 radical (unpaired) electrons. The predicted octanol–water partition coefficient (Wildman–Crippen LogP) is 7.11. The monoisotopic (exact) mass is 395 g/mol. The topological polar surface area (TPSA) is 12.9 Å². The third-order valence-electron chi connectivity index (χ3n) is 6.42. The molecule has 0 unspecified atom stereocenters. The van der Waals surface area contributed by atoms with Gasteiger partial charge in [-0.05, 0) is 51.6 Å². The van der Waals surface area contributed by atoms with Gasteiger partial charge in [-0.25, -0.2) is 0 Å². The van der Waals surface area contributed by atoms with E-state index in [4.69, 9.17) is 0 Å². The summed E-state index contributed by atoms with van der Waals surface area (Å²) >= 11 is 0. The van der Waals surface area contributed by atoms with Crippen molar-refractivity contribution in [2.75, 3.05) is 0 Å². The fourth-order valence-electron chi connectivity index (χ4n) is 5.14. The Kier molecular flexibility index (Phi) is 4.07. The van der Waals surface area contributed by atoms with Crippen molar-refractivity contribution in [3.63, 3.8) is 0 Å². The number of nitrogens with zero attached hydrogens (tertiary/aromatic N) is 1. The first-order chi connectivity index (χ1) is 15.4. The minimum Gasteiger partial charge on any atom is -0.256 e. The van der Waals surface area contributed by atoms with E-state index >= 15 is 0 Å². The second kappa shape index (κ2) is 7.07. The second-order valence-corrected chi connectivity index (χ2v) is 8.00. The molecule has 1 aliphatic carbocycles. The summed E-state index contributed by atoms with van der Waals surface area (Å²) in [4.78, 5) is 4.62. The van der Waals surface area contributed by atoms with Gasteiger partial charge >= 0.3 is 0 Å². The van der Waals surface area contributed by atoms with Gasteiger partial charge in [-0.15, -0.1) is 0 Å². The highest BCUT2D eigenvalue weighted by atomic mass is 14.7. The van der Waals surface area contributed by atoms with Gasteiger partial charge in [0.2, 0.25) is 0 Å². The largest absolute Gasteiger partial charge is 0.256 e. The molecular formula is C30H21N. The lowest BCUT2D eigenvalue weighted by Crippen LogP contribution is -2.28. The van der Waals surface area contributed by atoms with Crippen LogP contribution in [0.1, 0.15) is 22.3 Å². The Morgan fingerprint density at radius 3 is 1.77 bits per heavy atom. The predicted molar refractivity (Wildman–Crippen MR) is 127 cm³/mol. The summed E-state index contributed by atoms with van der Waals surface area (Å²) in [6.45, 7) is 0. The average molecular weight is 396 g/mol. The van der Waals surface area contributed by atoms with Gasteiger partial charge in [0.25, 0.3) is 0 Å². The number of pyridine rings is 1. The van der Waals surface area contributed by atoms with Crippen LogP contribution in [0, 0.1) is 0 Å². The highest BCUT2D eigenvalue weighted by molar-refractivity contribution is 5.88. The van der Waals surface area contributed by atoms with Crippen LogP contribution in [-0.2, 0) is 5.41 Å². The van der Waals surface area contributed by atoms with E-state index < -0.39 is 0 Å². The van der Waals surface area contributed by atoms with Gasteiger partial charge in [-0.1, -0.05) is 103 Å². The third kappa shape index (κ3) is 2.60. The molecule has 31 heavy (non-hydrogen) atoms. The first kappa shape index (κ1) is 17.9. The van der Waals surface area contributed by atoms with Gasteiger partial charge in [0, 0.05) is 11.8 Å². The molecule has 0 fully saturated rings. The molecule has 4 aromatic carbocycles. The number of hydrogen-bond acceptors (Lipinski definition) is 1. The van der Waals surface area contributed by atoms with Gasteiger partial charge in [0.05, 0.1) is 11.1 Å². The molecule has 6 rings (SSSR count). The van der Waals surface area contributed by atoms with E-state index in [0.717, 1.165) is 11.3 Å². The van der Waals surface area contributed by atoms with Crippen molar-refractivity contribution in [1.29, 1.82) is 0 Å². The Bertz CT molecular complexity index is 1320. The van der Waals surface area contributed by atoms with E-state index in [1.165, 1.54) is 33.4 Å². The molecule has 0 amide bonds. The molecule has 0 atom stereocenters. The standard InChI is InChI=1S/C30H21N/c1-3-11-23(12-4-1)30(24-13-5-2-6-14-24)27-16-8-7-15-25(27)26-19-18-22(21-28(26)30)29-17-9-10-20-31-29/h1-21H. The Labute approximate surface area is 182 Å². The van der Waals surface area contributed by atoms with Crippen LogP contribution in [-0.4, -0.2) is 4.98 Å². The van der Waals surface area contributed by atoms with Gasteiger partial charge < -0.3 is 0 Å². The molecule has 0 saturated heterocycles. The van der Waals surface area contributed by atoms with Crippen LogP contribution >= 0.6 is 0 Å². The molecule has 1 nitrogen and oxygen atoms in total. The molecule has 0 spiro atoms. The zero-order valence-electron chi connectivity index (χ0n) is 17.1. The maximum Gasteiger partial charge on any atom is 0.0713 e. The minimum atomic E-state index is -0.362. The maximum absolute atomic E-state index is 4.62. The SMILES string of the molecule is c1ccc(C2(c3ccccc3)c3ccccc3-c3ccc(-c4ccccn4)cc32)cc1. The van der Waals surface area contributed by atoms with Crippen LogP contribution in [0.15, 0.2) is 128 Å². The van der Waals surface area contributed by atoms with Gasteiger partial charge in [-0.3, -0.25) is 4.98 Å². The molecule has 0 saturated carbocycles. The van der Waals surface area contributed by atoms with Crippen LogP contribution in [0.2, 0.25) is 0 Å². The average Bonchev–Trinajstić information content (AvgIpc) is 3.16. The van der Waals surface area contributed by atoms with Crippen LogP contribution < -0.4 is 0 Å². The number of aromatic nitrogens is 1. The molecule has 5 aromatic rings. The summed E-state index contributed by atoms with van der Waals surface area (Å²) in [7, 11) is 0. The number of hydrogen-bond donors (Lipinski definition) is 0. The quantitative estimate of drug-likeness (QED) is 0.311. The Morgan fingerprint density at radius 1 is 0.484 bits per heavy atom. The normalized spacial score (nSPS) is 13.4. The van der Waals surface area contributed by atoms with Crippen LogP contribution in [0.4, 0.5) is 0 Å². The molecule has 1 aliphatic rings. The summed E-state index contributed by atoms with van der Waals surface area (Å²) in [5.41, 5.74) is 9.59. The maximum atomic E-state index is 4.62. The molecule has 0 aliphatic heterocycles. The highest BCUT2D eigenvalue weighted by Crippen LogP contribution is 2.56. The molecule has 0 N–H and O–H groups in total. The summed E-state index contributed by atoms with van der Waals surface area (Å²) in [5.74, 6) is 0. The van der Waals surface area contributed by atoms with Crippen molar-refractivity contribution in [2.45, 2.75) is 5.41 Å². The highest BCUT2D eigenvalue weighted by Gasteiger charge is 2.45. The molecular weight excluding hydrogens is 374 g/mol. The molecule has 1 aromatic heterocycles. The summed E-state index contributed by atoms with van der Waals surface area (Å²) in [6, 6.07) is 43.5. The zero-order valence-corrected chi connectivity index (χ0v) is 17.1. The molecule has 0 bridgehead atoms. The smallest absolute Gasteiger partial charge is 0.0713 e. The first-order valence-electron chi connectivity index (χ1n) is 10.7. The second-order valence-electron chi connectivity index (χ2n) is 8.00. The number of rotatable bonds is 3. The lowest BCUT2D eigenvalue weighted by atomic mass is 9.67. The third-order valence-corrected chi connectivity index (χ3v) is 6.42. The fraction of sp³-hybridized carbons (Fsp3) is 0.0333. The number of fused-ring (bicyclic) bond motifs is 3. The lowest BCUT2D eigenvalue weighted by Gasteiger charge is -2.34. The van der Waals surface area contributed by atoms with Gasteiger partial charge in [0.15, 0.2) is 0 Å². The zero-order chi connectivity index (χ0) is 20.7. The van der Waals surface area contributed by atoms with Crippen molar-refractivity contribution in [2.24, 2.45) is 0 Å². The van der Waals surface area contributed by atoms with Gasteiger partial charge in [-0.2, -0.15) is 0 Å². The molecule has 1 heterocycles. The fourth-order valence-corrected chi connectivity index (χ4v) is 5.14. The van der Waals surface area contributed by atoms with Crippen LogP contribution in [0.25, 0.3) is 22.4 Å². The van der Waals surface area contributed by atoms with E-state index in [9.17, 15) is 0 Å². The van der Waals surface area contributed by atoms with Crippen molar-refractivity contribution in [3.8, 4) is 22.4 Å². The van der Waals surface area contributed by atoms with E-state index in [1.807, 2.05) is 18.3 Å². The first-order valence-corrected chi connectivity index (χ1v) is 10.7. The van der Waals surface area contributed by atoms with Crippen molar-refractivity contribution in [1.82, 2.24) is 4.98 Å². The minimum absolute atomic E-state index is 0.362. The Balaban J connectivity index is 1.74. The van der Waals surface area contributed by atoms with Gasteiger partial charge in [0.1, 0.15) is 0 Å². The summed E-state index contributed by atoms with van der Waals surface area (Å²) in [6.07, 6.45) is 1.86. The number of benzene rings is 4. The summed E-state index contributed by atoms with van der Waals surface area (Å²) in [5, 5.41) is 0. The van der Waals surface area contributed by atoms with Crippen LogP contribution in [0.5, 0.6) is 0 Å². The van der Waals surface area contributed by atoms with E-state index in [2.05, 4.69) is 114 Å². The lowest BCUT2D eigenvalue weighted by molar-refractivity contribution is 0.768. The van der Waals surface area contributed by atoms with Crippen LogP contribution in [0.3, 0.4) is 0 Å². The van der Waals surface area contributed by atoms with E-state index in [1.54, 1.807) is 0 Å². The van der Waals surface area contributed by atoms with Crippen molar-refractivity contribution < 1.29 is 0 Å². The Hall–Kier alpha value is -3.97. The summed E-state index contributed by atoms with van der Waals surface area (Å²) < 4.78 is 0. The van der Waals surface area contributed by atoms with Crippen molar-refractivity contribution >= 4 is 0 Å². The molecule has 1 heteroatoms. The van der Waals surface area contributed by atoms with Crippen molar-refractivity contribution in [3.05, 3.63) is 150 Å². The van der Waals surface area contributed by atoms with E-state index in [0.29, 0.717) is 0 Å². The Morgan fingerprint density at radius 2 is 1.10 bits per heavy atom. The molecule has 146 valence electrons. The van der Waals surface area contributed by atoms with E-state index in [-0.39, 0.29) is 5.41 Å².